The lowest BCUT2D eigenvalue weighted by molar-refractivity contribution is 0.0730. The van der Waals surface area contributed by atoms with Crippen molar-refractivity contribution in [1.82, 2.24) is 9.73 Å². The van der Waals surface area contributed by atoms with Gasteiger partial charge in [0.15, 0.2) is 0 Å². The Morgan fingerprint density at radius 1 is 1.27 bits per heavy atom. The topological polar surface area (TPSA) is 88.1 Å². The molecule has 2 atom stereocenters. The van der Waals surface area contributed by atoms with E-state index in [0.29, 0.717) is 38.1 Å². The molecule has 1 saturated heterocycles. The first-order valence-electron chi connectivity index (χ1n) is 8.77. The van der Waals surface area contributed by atoms with Gasteiger partial charge in [0.2, 0.25) is 10.0 Å². The Balaban J connectivity index is 1.47. The van der Waals surface area contributed by atoms with Crippen LogP contribution in [0.25, 0.3) is 0 Å². The molecule has 1 N–H and O–H groups in total. The minimum Gasteiger partial charge on any atom is -0.379 e. The molecule has 0 spiro atoms. The number of ether oxygens (including phenoxy) is 1. The molecule has 3 aliphatic rings. The zero-order valence-corrected chi connectivity index (χ0v) is 15.1. The Kier molecular flexibility index (Phi) is 4.64. The molecule has 0 radical (unpaired) electrons. The summed E-state index contributed by atoms with van der Waals surface area (Å²) in [5.41, 5.74) is 3.85. The Labute approximate surface area is 152 Å². The fourth-order valence-electron chi connectivity index (χ4n) is 3.58. The molecule has 7 nitrogen and oxygen atoms in total. The van der Waals surface area contributed by atoms with Crippen molar-refractivity contribution in [2.75, 3.05) is 26.3 Å². The summed E-state index contributed by atoms with van der Waals surface area (Å²) in [5, 5.41) is 4.23. The Bertz CT molecular complexity index is 872. The van der Waals surface area contributed by atoms with Crippen LogP contribution < -0.4 is 5.43 Å². The van der Waals surface area contributed by atoms with Gasteiger partial charge in [-0.1, -0.05) is 18.2 Å². The van der Waals surface area contributed by atoms with Gasteiger partial charge >= 0.3 is 0 Å². The number of amides is 1. The van der Waals surface area contributed by atoms with Crippen LogP contribution in [0.2, 0.25) is 0 Å². The number of hydrogen-bond donors (Lipinski definition) is 1. The van der Waals surface area contributed by atoms with Gasteiger partial charge in [0.05, 0.1) is 18.1 Å². The fraction of sp³-hybridized carbons (Fsp3) is 0.444. The van der Waals surface area contributed by atoms with Crippen molar-refractivity contribution >= 4 is 21.6 Å². The lowest BCUT2D eigenvalue weighted by Gasteiger charge is -2.31. The van der Waals surface area contributed by atoms with Crippen LogP contribution in [0.4, 0.5) is 0 Å². The number of morpholine rings is 1. The van der Waals surface area contributed by atoms with Crippen molar-refractivity contribution in [2.45, 2.75) is 17.7 Å². The molecule has 1 aromatic carbocycles. The molecule has 0 aromatic heterocycles. The zero-order chi connectivity index (χ0) is 18.1. The van der Waals surface area contributed by atoms with Crippen LogP contribution in [0.1, 0.15) is 23.2 Å². The fourth-order valence-corrected chi connectivity index (χ4v) is 5.04. The number of fused-ring (bicyclic) bond motifs is 1. The first-order valence-corrected chi connectivity index (χ1v) is 10.2. The molecule has 1 saturated carbocycles. The highest BCUT2D eigenvalue weighted by Crippen LogP contribution is 2.40. The van der Waals surface area contributed by atoms with Gasteiger partial charge in [0, 0.05) is 30.3 Å². The average Bonchev–Trinajstić information content (AvgIpc) is 3.03. The van der Waals surface area contributed by atoms with Crippen molar-refractivity contribution in [1.29, 1.82) is 0 Å². The molecule has 26 heavy (non-hydrogen) atoms. The molecular formula is C18H21N3O4S. The third-order valence-corrected chi connectivity index (χ3v) is 7.06. The van der Waals surface area contributed by atoms with E-state index in [1.54, 1.807) is 12.1 Å². The molecule has 0 unspecified atom stereocenters. The Hall–Kier alpha value is -2.03. The number of hydrazone groups is 1. The van der Waals surface area contributed by atoms with E-state index in [1.807, 2.05) is 0 Å². The van der Waals surface area contributed by atoms with Gasteiger partial charge < -0.3 is 4.74 Å². The van der Waals surface area contributed by atoms with Crippen LogP contribution in [0, 0.1) is 11.8 Å². The van der Waals surface area contributed by atoms with Gasteiger partial charge in [0.25, 0.3) is 5.91 Å². The van der Waals surface area contributed by atoms with E-state index >= 15 is 0 Å². The molecule has 0 bridgehead atoms. The summed E-state index contributed by atoms with van der Waals surface area (Å²) >= 11 is 0. The average molecular weight is 375 g/mol. The van der Waals surface area contributed by atoms with E-state index in [-0.39, 0.29) is 10.5 Å². The highest BCUT2D eigenvalue weighted by Gasteiger charge is 2.38. The van der Waals surface area contributed by atoms with Gasteiger partial charge in [-0.2, -0.15) is 9.41 Å². The summed E-state index contributed by atoms with van der Waals surface area (Å²) < 4.78 is 32.0. The second-order valence-electron chi connectivity index (χ2n) is 6.73. The largest absolute Gasteiger partial charge is 0.379 e. The number of nitrogens with one attached hydrogen (secondary N) is 1. The van der Waals surface area contributed by atoms with Crippen LogP contribution in [-0.2, 0) is 14.8 Å². The van der Waals surface area contributed by atoms with E-state index in [1.165, 1.54) is 16.4 Å². The van der Waals surface area contributed by atoms with Crippen molar-refractivity contribution in [3.05, 3.63) is 42.0 Å². The summed E-state index contributed by atoms with van der Waals surface area (Å²) in [7, 11) is -3.63. The number of allylic oxidation sites excluding steroid dienone is 2. The lowest BCUT2D eigenvalue weighted by atomic mass is 9.74. The zero-order valence-electron chi connectivity index (χ0n) is 14.3. The van der Waals surface area contributed by atoms with E-state index in [4.69, 9.17) is 4.74 Å². The molecule has 1 aliphatic heterocycles. The molecule has 8 heteroatoms. The van der Waals surface area contributed by atoms with E-state index < -0.39 is 15.9 Å². The summed E-state index contributed by atoms with van der Waals surface area (Å²) in [5.74, 6) is 0.585. The van der Waals surface area contributed by atoms with E-state index in [0.717, 1.165) is 18.6 Å². The number of carbonyl (C=O) groups excluding carboxylic acids is 1. The first kappa shape index (κ1) is 17.4. The number of benzene rings is 1. The van der Waals surface area contributed by atoms with Gasteiger partial charge in [0.1, 0.15) is 0 Å². The molecular weight excluding hydrogens is 354 g/mol. The molecule has 1 aromatic rings. The van der Waals surface area contributed by atoms with Crippen LogP contribution >= 0.6 is 0 Å². The van der Waals surface area contributed by atoms with Crippen LogP contribution in [0.15, 0.2) is 46.4 Å². The van der Waals surface area contributed by atoms with Gasteiger partial charge in [-0.25, -0.2) is 13.8 Å². The van der Waals surface area contributed by atoms with Crippen molar-refractivity contribution in [2.24, 2.45) is 16.9 Å². The van der Waals surface area contributed by atoms with Crippen LogP contribution in [0.5, 0.6) is 0 Å². The minimum atomic E-state index is -3.63. The number of carbonyl (C=O) groups is 1. The number of nitrogens with zero attached hydrogens (tertiary/aromatic N) is 2. The second kappa shape index (κ2) is 6.94. The van der Waals surface area contributed by atoms with Crippen molar-refractivity contribution in [3.63, 3.8) is 0 Å². The van der Waals surface area contributed by atoms with Crippen molar-refractivity contribution < 1.29 is 17.9 Å². The molecule has 1 heterocycles. The van der Waals surface area contributed by atoms with Crippen molar-refractivity contribution in [3.8, 4) is 0 Å². The highest BCUT2D eigenvalue weighted by molar-refractivity contribution is 7.89. The van der Waals surface area contributed by atoms with Gasteiger partial charge in [-0.05, 0) is 37.0 Å². The van der Waals surface area contributed by atoms with Gasteiger partial charge in [-0.15, -0.1) is 0 Å². The SMILES string of the molecule is O=C(N/N=C1/C[C@@H]2C=CC[C@H]12)c1cccc(S(=O)(=O)N2CCOCC2)c1. The molecule has 2 fully saturated rings. The maximum absolute atomic E-state index is 12.7. The van der Waals surface area contributed by atoms with E-state index in [2.05, 4.69) is 22.7 Å². The van der Waals surface area contributed by atoms with E-state index in [9.17, 15) is 13.2 Å². The Morgan fingerprint density at radius 2 is 2.08 bits per heavy atom. The molecule has 1 amide bonds. The van der Waals surface area contributed by atoms with Gasteiger partial charge in [-0.3, -0.25) is 4.79 Å². The number of rotatable bonds is 4. The van der Waals surface area contributed by atoms with Crippen LogP contribution in [0.3, 0.4) is 0 Å². The quantitative estimate of drug-likeness (QED) is 0.636. The Morgan fingerprint density at radius 3 is 2.85 bits per heavy atom. The number of sulfonamides is 1. The highest BCUT2D eigenvalue weighted by atomic mass is 32.2. The summed E-state index contributed by atoms with van der Waals surface area (Å²) in [6, 6.07) is 6.08. The van der Waals surface area contributed by atoms with Crippen LogP contribution in [-0.4, -0.2) is 50.6 Å². The molecule has 4 rings (SSSR count). The molecule has 138 valence electrons. The summed E-state index contributed by atoms with van der Waals surface area (Å²) in [6.07, 6.45) is 6.21. The predicted molar refractivity (Wildman–Crippen MR) is 96.3 cm³/mol. The maximum Gasteiger partial charge on any atom is 0.271 e. The minimum absolute atomic E-state index is 0.114. The summed E-state index contributed by atoms with van der Waals surface area (Å²) in [4.78, 5) is 12.5. The monoisotopic (exact) mass is 375 g/mol. The standard InChI is InChI=1S/C18H21N3O4S/c22-18(20-19-17-12-13-3-2-6-16(13)17)14-4-1-5-15(11-14)26(23,24)21-7-9-25-10-8-21/h1-5,11,13,16H,6-10,12H2,(H,20,22)/b19-17-/t13-,16-/m0/s1. The maximum atomic E-state index is 12.7. The third kappa shape index (κ3) is 3.20. The molecule has 2 aliphatic carbocycles. The predicted octanol–water partition coefficient (Wildman–Crippen LogP) is 1.39. The number of hydrogen-bond acceptors (Lipinski definition) is 5. The summed E-state index contributed by atoms with van der Waals surface area (Å²) in [6.45, 7) is 1.41. The lowest BCUT2D eigenvalue weighted by Crippen LogP contribution is -2.40. The smallest absolute Gasteiger partial charge is 0.271 e. The normalized spacial score (nSPS) is 27.2. The second-order valence-corrected chi connectivity index (χ2v) is 8.66. The third-order valence-electron chi connectivity index (χ3n) is 5.17. The first-order chi connectivity index (χ1) is 12.6.